The van der Waals surface area contributed by atoms with Crippen LogP contribution in [0.4, 0.5) is 0 Å². The Bertz CT molecular complexity index is 329. The Hall–Kier alpha value is -1.08. The van der Waals surface area contributed by atoms with Gasteiger partial charge >= 0.3 is 0 Å². The number of hydrogen-bond donors (Lipinski definition) is 0. The molecule has 0 saturated carbocycles. The molecule has 1 rings (SSSR count). The number of benzene rings is 1. The molecule has 1 heteroatoms. The second-order valence-corrected chi connectivity index (χ2v) is 5.10. The molecule has 0 N–H and O–H groups in total. The van der Waals surface area contributed by atoms with Crippen molar-refractivity contribution in [1.82, 2.24) is 0 Å². The molecule has 106 valence electrons. The SMILES string of the molecule is CCCCCCCCC(C=Cc1ccccc1)OC. The van der Waals surface area contributed by atoms with E-state index in [9.17, 15) is 0 Å². The highest BCUT2D eigenvalue weighted by molar-refractivity contribution is 5.49. The molecule has 1 atom stereocenters. The monoisotopic (exact) mass is 260 g/mol. The molecule has 1 unspecified atom stereocenters. The fourth-order valence-electron chi connectivity index (χ4n) is 2.20. The highest BCUT2D eigenvalue weighted by Crippen LogP contribution is 2.12. The fraction of sp³-hybridized carbons (Fsp3) is 0.556. The molecule has 1 nitrogen and oxygen atoms in total. The van der Waals surface area contributed by atoms with Crippen LogP contribution in [-0.4, -0.2) is 13.2 Å². The first-order valence-electron chi connectivity index (χ1n) is 7.63. The Morgan fingerprint density at radius 2 is 1.68 bits per heavy atom. The van der Waals surface area contributed by atoms with Crippen molar-refractivity contribution in [3.05, 3.63) is 42.0 Å². The number of hydrogen-bond acceptors (Lipinski definition) is 1. The zero-order valence-electron chi connectivity index (χ0n) is 12.5. The van der Waals surface area contributed by atoms with E-state index in [-0.39, 0.29) is 6.10 Å². The summed E-state index contributed by atoms with van der Waals surface area (Å²) in [6, 6.07) is 10.4. The van der Waals surface area contributed by atoms with Gasteiger partial charge in [0, 0.05) is 7.11 Å². The van der Waals surface area contributed by atoms with E-state index in [1.54, 1.807) is 7.11 Å². The van der Waals surface area contributed by atoms with Gasteiger partial charge in [-0.05, 0) is 12.0 Å². The van der Waals surface area contributed by atoms with E-state index >= 15 is 0 Å². The Kier molecular flexibility index (Phi) is 9.09. The van der Waals surface area contributed by atoms with E-state index in [2.05, 4.69) is 43.3 Å². The lowest BCUT2D eigenvalue weighted by Gasteiger charge is -2.10. The molecule has 0 aliphatic rings. The molecule has 0 aliphatic heterocycles. The average molecular weight is 260 g/mol. The smallest absolute Gasteiger partial charge is 0.0755 e. The van der Waals surface area contributed by atoms with E-state index in [1.165, 1.54) is 44.1 Å². The normalized spacial score (nSPS) is 12.9. The Morgan fingerprint density at radius 1 is 1.00 bits per heavy atom. The number of rotatable bonds is 10. The molecule has 0 aliphatic carbocycles. The molecule has 1 aromatic carbocycles. The molecule has 0 aromatic heterocycles. The number of ether oxygens (including phenoxy) is 1. The van der Waals surface area contributed by atoms with Gasteiger partial charge in [-0.3, -0.25) is 0 Å². The van der Waals surface area contributed by atoms with Crippen molar-refractivity contribution in [2.24, 2.45) is 0 Å². The van der Waals surface area contributed by atoms with Crippen LogP contribution in [0.25, 0.3) is 6.08 Å². The summed E-state index contributed by atoms with van der Waals surface area (Å²) in [5.74, 6) is 0. The summed E-state index contributed by atoms with van der Waals surface area (Å²) in [5.41, 5.74) is 1.24. The lowest BCUT2D eigenvalue weighted by molar-refractivity contribution is 0.131. The standard InChI is InChI=1S/C18H28O/c1-3-4-5-6-7-11-14-18(19-2)16-15-17-12-9-8-10-13-17/h8-10,12-13,15-16,18H,3-7,11,14H2,1-2H3. The predicted octanol–water partition coefficient (Wildman–Crippen LogP) is 5.47. The van der Waals surface area contributed by atoms with Crippen molar-refractivity contribution in [2.45, 2.75) is 58.0 Å². The minimum absolute atomic E-state index is 0.256. The summed E-state index contributed by atoms with van der Waals surface area (Å²) in [6.45, 7) is 2.26. The van der Waals surface area contributed by atoms with Crippen LogP contribution in [0.15, 0.2) is 36.4 Å². The van der Waals surface area contributed by atoms with Gasteiger partial charge in [0.2, 0.25) is 0 Å². The Labute approximate surface area is 118 Å². The van der Waals surface area contributed by atoms with Gasteiger partial charge in [0.05, 0.1) is 6.10 Å². The highest BCUT2D eigenvalue weighted by atomic mass is 16.5. The third-order valence-corrected chi connectivity index (χ3v) is 3.45. The van der Waals surface area contributed by atoms with Gasteiger partial charge in [-0.2, -0.15) is 0 Å². The van der Waals surface area contributed by atoms with E-state index in [0.717, 1.165) is 6.42 Å². The van der Waals surface area contributed by atoms with Crippen molar-refractivity contribution >= 4 is 6.08 Å². The highest BCUT2D eigenvalue weighted by Gasteiger charge is 2.02. The summed E-state index contributed by atoms with van der Waals surface area (Å²) < 4.78 is 5.51. The molecule has 0 saturated heterocycles. The quantitative estimate of drug-likeness (QED) is 0.507. The van der Waals surface area contributed by atoms with Crippen LogP contribution < -0.4 is 0 Å². The lowest BCUT2D eigenvalue weighted by Crippen LogP contribution is -2.06. The van der Waals surface area contributed by atoms with E-state index in [1.807, 2.05) is 6.07 Å². The van der Waals surface area contributed by atoms with Crippen LogP contribution in [0.5, 0.6) is 0 Å². The summed E-state index contributed by atoms with van der Waals surface area (Å²) in [4.78, 5) is 0. The first kappa shape index (κ1) is 16.0. The third kappa shape index (κ3) is 7.84. The van der Waals surface area contributed by atoms with Crippen LogP contribution in [-0.2, 0) is 4.74 Å². The van der Waals surface area contributed by atoms with Crippen molar-refractivity contribution < 1.29 is 4.74 Å². The largest absolute Gasteiger partial charge is 0.377 e. The maximum atomic E-state index is 5.51. The molecular weight excluding hydrogens is 232 g/mol. The van der Waals surface area contributed by atoms with E-state index < -0.39 is 0 Å². The summed E-state index contributed by atoms with van der Waals surface area (Å²) in [7, 11) is 1.80. The molecular formula is C18H28O. The maximum absolute atomic E-state index is 5.51. The molecule has 0 heterocycles. The summed E-state index contributed by atoms with van der Waals surface area (Å²) >= 11 is 0. The van der Waals surface area contributed by atoms with Crippen LogP contribution in [0.3, 0.4) is 0 Å². The fourth-order valence-corrected chi connectivity index (χ4v) is 2.20. The van der Waals surface area contributed by atoms with Crippen molar-refractivity contribution in [1.29, 1.82) is 0 Å². The van der Waals surface area contributed by atoms with E-state index in [0.29, 0.717) is 0 Å². The first-order chi connectivity index (χ1) is 9.36. The molecule has 0 fully saturated rings. The van der Waals surface area contributed by atoms with Gasteiger partial charge in [-0.25, -0.2) is 0 Å². The zero-order valence-corrected chi connectivity index (χ0v) is 12.5. The Balaban J connectivity index is 2.20. The van der Waals surface area contributed by atoms with Gasteiger partial charge in [-0.15, -0.1) is 0 Å². The Morgan fingerprint density at radius 3 is 2.37 bits per heavy atom. The summed E-state index contributed by atoms with van der Waals surface area (Å²) in [6.07, 6.45) is 13.8. The van der Waals surface area contributed by atoms with Gasteiger partial charge in [0.15, 0.2) is 0 Å². The van der Waals surface area contributed by atoms with Gasteiger partial charge in [-0.1, -0.05) is 87.9 Å². The molecule has 1 aromatic rings. The van der Waals surface area contributed by atoms with Crippen molar-refractivity contribution in [2.75, 3.05) is 7.11 Å². The molecule has 0 bridgehead atoms. The second kappa shape index (κ2) is 10.8. The molecule has 0 amide bonds. The first-order valence-corrected chi connectivity index (χ1v) is 7.63. The topological polar surface area (TPSA) is 9.23 Å². The van der Waals surface area contributed by atoms with Crippen LogP contribution in [0.2, 0.25) is 0 Å². The molecule has 0 radical (unpaired) electrons. The number of methoxy groups -OCH3 is 1. The van der Waals surface area contributed by atoms with Crippen LogP contribution in [0.1, 0.15) is 57.4 Å². The second-order valence-electron chi connectivity index (χ2n) is 5.10. The lowest BCUT2D eigenvalue weighted by atomic mass is 10.1. The molecule has 19 heavy (non-hydrogen) atoms. The van der Waals surface area contributed by atoms with Crippen molar-refractivity contribution in [3.8, 4) is 0 Å². The minimum atomic E-state index is 0.256. The van der Waals surface area contributed by atoms with Gasteiger partial charge in [0.1, 0.15) is 0 Å². The van der Waals surface area contributed by atoms with Gasteiger partial charge in [0.25, 0.3) is 0 Å². The average Bonchev–Trinajstić information content (AvgIpc) is 2.47. The number of unbranched alkanes of at least 4 members (excludes halogenated alkanes) is 5. The minimum Gasteiger partial charge on any atom is -0.377 e. The van der Waals surface area contributed by atoms with Crippen molar-refractivity contribution in [3.63, 3.8) is 0 Å². The third-order valence-electron chi connectivity index (χ3n) is 3.45. The molecule has 0 spiro atoms. The maximum Gasteiger partial charge on any atom is 0.0755 e. The zero-order chi connectivity index (χ0) is 13.8. The van der Waals surface area contributed by atoms with Crippen LogP contribution >= 0.6 is 0 Å². The van der Waals surface area contributed by atoms with Crippen LogP contribution in [0, 0.1) is 0 Å². The predicted molar refractivity (Wildman–Crippen MR) is 84.3 cm³/mol. The van der Waals surface area contributed by atoms with Gasteiger partial charge < -0.3 is 4.74 Å². The van der Waals surface area contributed by atoms with E-state index in [4.69, 9.17) is 4.74 Å². The summed E-state index contributed by atoms with van der Waals surface area (Å²) in [5, 5.41) is 0.